The third-order valence-electron chi connectivity index (χ3n) is 7.32. The summed E-state index contributed by atoms with van der Waals surface area (Å²) in [6, 6.07) is 13.9. The Morgan fingerprint density at radius 1 is 1.26 bits per heavy atom. The molecule has 5 atom stereocenters. The number of nitrogens with one attached hydrogen (secondary N) is 1. The molecule has 2 aliphatic heterocycles. The van der Waals surface area contributed by atoms with Gasteiger partial charge in [-0.2, -0.15) is 5.10 Å². The average Bonchev–Trinajstić information content (AvgIpc) is 3.22. The number of aryl methyl sites for hydroxylation is 1. The molecule has 0 spiro atoms. The fraction of sp³-hybridized carbons (Fsp3) is 0.545. The first-order valence-electron chi connectivity index (χ1n) is 10.2. The van der Waals surface area contributed by atoms with Gasteiger partial charge in [-0.05, 0) is 43.7 Å². The molecule has 1 amide bonds. The second kappa shape index (κ2) is 6.20. The highest BCUT2D eigenvalue weighted by molar-refractivity contribution is 5.93. The summed E-state index contributed by atoms with van der Waals surface area (Å²) in [6.07, 6.45) is 7.33. The number of amides is 1. The summed E-state index contributed by atoms with van der Waals surface area (Å²) in [7, 11) is 1.86. The predicted octanol–water partition coefficient (Wildman–Crippen LogP) is 2.78. The minimum atomic E-state index is 0.149. The Labute approximate surface area is 160 Å². The molecule has 5 rings (SSSR count). The number of likely N-dealkylation sites (tertiary alicyclic amines) is 1. The third kappa shape index (κ3) is 2.55. The van der Waals surface area contributed by atoms with Crippen LogP contribution in [0.2, 0.25) is 0 Å². The molecule has 3 heterocycles. The molecule has 2 aromatic rings. The van der Waals surface area contributed by atoms with Crippen molar-refractivity contribution in [1.82, 2.24) is 20.0 Å². The molecular weight excluding hydrogens is 336 g/mol. The smallest absolute Gasteiger partial charge is 0.272 e. The third-order valence-corrected chi connectivity index (χ3v) is 7.32. The van der Waals surface area contributed by atoms with E-state index in [1.165, 1.54) is 18.4 Å². The Morgan fingerprint density at radius 3 is 2.81 bits per heavy atom. The molecule has 1 saturated carbocycles. The SMILES string of the molecule is Cn1nccc1C(=O)N1[C@H]2CCC[C@H]3N[C@@H](Cc4ccccc4)[C@@H]1C[C@@]23C. The topological polar surface area (TPSA) is 50.2 Å². The Kier molecular flexibility index (Phi) is 3.90. The molecule has 2 saturated heterocycles. The van der Waals surface area contributed by atoms with Crippen LogP contribution in [0.3, 0.4) is 0 Å². The average molecular weight is 364 g/mol. The van der Waals surface area contributed by atoms with Gasteiger partial charge >= 0.3 is 0 Å². The number of piperidine rings is 1. The van der Waals surface area contributed by atoms with Crippen molar-refractivity contribution in [2.45, 2.75) is 63.2 Å². The first-order valence-corrected chi connectivity index (χ1v) is 10.2. The first kappa shape index (κ1) is 17.0. The summed E-state index contributed by atoms with van der Waals surface area (Å²) < 4.78 is 1.72. The molecule has 0 unspecified atom stereocenters. The van der Waals surface area contributed by atoms with Crippen LogP contribution in [0.1, 0.15) is 48.7 Å². The molecule has 1 aromatic heterocycles. The van der Waals surface area contributed by atoms with Crippen molar-refractivity contribution >= 4 is 5.91 Å². The van der Waals surface area contributed by atoms with Gasteiger partial charge in [0.1, 0.15) is 5.69 Å². The second-order valence-electron chi connectivity index (χ2n) is 8.79. The largest absolute Gasteiger partial charge is 0.329 e. The lowest BCUT2D eigenvalue weighted by molar-refractivity contribution is 0.0548. The summed E-state index contributed by atoms with van der Waals surface area (Å²) >= 11 is 0. The van der Waals surface area contributed by atoms with Crippen LogP contribution in [-0.4, -0.2) is 44.8 Å². The van der Waals surface area contributed by atoms with Gasteiger partial charge in [0.2, 0.25) is 0 Å². The number of benzene rings is 1. The Morgan fingerprint density at radius 2 is 2.07 bits per heavy atom. The zero-order valence-corrected chi connectivity index (χ0v) is 16.1. The van der Waals surface area contributed by atoms with Gasteiger partial charge in [0.05, 0.1) is 0 Å². The van der Waals surface area contributed by atoms with E-state index in [0.717, 1.165) is 19.3 Å². The maximum Gasteiger partial charge on any atom is 0.272 e. The molecule has 5 heteroatoms. The molecule has 142 valence electrons. The van der Waals surface area contributed by atoms with Gasteiger partial charge in [-0.25, -0.2) is 0 Å². The monoisotopic (exact) mass is 364 g/mol. The summed E-state index contributed by atoms with van der Waals surface area (Å²) in [4.78, 5) is 15.8. The number of carbonyl (C=O) groups is 1. The lowest BCUT2D eigenvalue weighted by atomic mass is 9.65. The first-order chi connectivity index (χ1) is 13.1. The van der Waals surface area contributed by atoms with Crippen LogP contribution in [0.15, 0.2) is 42.6 Å². The molecule has 3 aliphatic rings. The number of fused-ring (bicyclic) bond motifs is 1. The fourth-order valence-corrected chi connectivity index (χ4v) is 5.97. The molecule has 1 N–H and O–H groups in total. The Balaban J connectivity index is 1.52. The number of hydrogen-bond acceptors (Lipinski definition) is 3. The van der Waals surface area contributed by atoms with Gasteiger partial charge in [0.25, 0.3) is 5.91 Å². The minimum absolute atomic E-state index is 0.149. The van der Waals surface area contributed by atoms with E-state index >= 15 is 0 Å². The lowest BCUT2D eigenvalue weighted by Crippen LogP contribution is -2.58. The van der Waals surface area contributed by atoms with Crippen molar-refractivity contribution in [1.29, 1.82) is 0 Å². The van der Waals surface area contributed by atoms with Gasteiger partial charge in [-0.3, -0.25) is 9.48 Å². The van der Waals surface area contributed by atoms with Crippen LogP contribution in [0.25, 0.3) is 0 Å². The summed E-state index contributed by atoms with van der Waals surface area (Å²) in [5, 5.41) is 8.20. The molecule has 2 bridgehead atoms. The molecule has 1 aliphatic carbocycles. The van der Waals surface area contributed by atoms with E-state index in [1.807, 2.05) is 13.1 Å². The normalized spacial score (nSPS) is 34.7. The molecule has 1 aromatic carbocycles. The molecular formula is C22H28N4O. The van der Waals surface area contributed by atoms with E-state index in [-0.39, 0.29) is 17.4 Å². The van der Waals surface area contributed by atoms with Crippen LogP contribution in [0.5, 0.6) is 0 Å². The predicted molar refractivity (Wildman–Crippen MR) is 104 cm³/mol. The number of aromatic nitrogens is 2. The van der Waals surface area contributed by atoms with E-state index in [4.69, 9.17) is 0 Å². The Hall–Kier alpha value is -2.14. The summed E-state index contributed by atoms with van der Waals surface area (Å²) in [5.41, 5.74) is 2.23. The minimum Gasteiger partial charge on any atom is -0.329 e. The standard InChI is InChI=1S/C22H28N4O/c1-22-14-18-16(13-15-7-4-3-5-8-15)24-19(22)9-6-10-20(22)26(18)21(27)17-11-12-23-25(17)2/h3-5,7-8,11-12,16,18-20,24H,6,9-10,13-14H2,1-2H3/t16-,18-,19+,20-,22+/m0/s1. The van der Waals surface area contributed by atoms with Crippen LogP contribution >= 0.6 is 0 Å². The second-order valence-corrected chi connectivity index (χ2v) is 8.79. The van der Waals surface area contributed by atoms with Gasteiger partial charge in [0.15, 0.2) is 0 Å². The van der Waals surface area contributed by atoms with E-state index in [2.05, 4.69) is 52.6 Å². The van der Waals surface area contributed by atoms with Crippen LogP contribution < -0.4 is 5.32 Å². The van der Waals surface area contributed by atoms with Crippen molar-refractivity contribution in [3.05, 3.63) is 53.9 Å². The zero-order chi connectivity index (χ0) is 18.6. The van der Waals surface area contributed by atoms with Crippen molar-refractivity contribution in [3.8, 4) is 0 Å². The fourth-order valence-electron chi connectivity index (χ4n) is 5.97. The van der Waals surface area contributed by atoms with E-state index in [0.29, 0.717) is 23.8 Å². The molecule has 3 fully saturated rings. The highest BCUT2D eigenvalue weighted by atomic mass is 16.2. The van der Waals surface area contributed by atoms with E-state index < -0.39 is 0 Å². The Bertz CT molecular complexity index is 847. The number of rotatable bonds is 3. The van der Waals surface area contributed by atoms with E-state index in [9.17, 15) is 4.79 Å². The highest BCUT2D eigenvalue weighted by Gasteiger charge is 2.61. The maximum atomic E-state index is 13.5. The van der Waals surface area contributed by atoms with Crippen molar-refractivity contribution in [2.24, 2.45) is 12.5 Å². The van der Waals surface area contributed by atoms with Crippen molar-refractivity contribution < 1.29 is 4.79 Å². The maximum absolute atomic E-state index is 13.5. The number of carbonyl (C=O) groups excluding carboxylic acids is 1. The van der Waals surface area contributed by atoms with Gasteiger partial charge in [0, 0.05) is 42.8 Å². The quantitative estimate of drug-likeness (QED) is 0.911. The van der Waals surface area contributed by atoms with Crippen LogP contribution in [0, 0.1) is 5.41 Å². The van der Waals surface area contributed by atoms with Gasteiger partial charge < -0.3 is 10.2 Å². The molecule has 5 nitrogen and oxygen atoms in total. The summed E-state index contributed by atoms with van der Waals surface area (Å²) in [6.45, 7) is 2.40. The molecule has 27 heavy (non-hydrogen) atoms. The van der Waals surface area contributed by atoms with E-state index in [1.54, 1.807) is 10.9 Å². The summed E-state index contributed by atoms with van der Waals surface area (Å²) in [5.74, 6) is 0.149. The van der Waals surface area contributed by atoms with Gasteiger partial charge in [-0.15, -0.1) is 0 Å². The highest BCUT2D eigenvalue weighted by Crippen LogP contribution is 2.53. The van der Waals surface area contributed by atoms with Crippen molar-refractivity contribution in [2.75, 3.05) is 0 Å². The number of hydrogen-bond donors (Lipinski definition) is 1. The van der Waals surface area contributed by atoms with Crippen LogP contribution in [-0.2, 0) is 13.5 Å². The molecule has 0 radical (unpaired) electrons. The number of nitrogens with zero attached hydrogens (tertiary/aromatic N) is 3. The zero-order valence-electron chi connectivity index (χ0n) is 16.1. The van der Waals surface area contributed by atoms with Gasteiger partial charge in [-0.1, -0.05) is 37.3 Å². The lowest BCUT2D eigenvalue weighted by Gasteiger charge is -2.46. The van der Waals surface area contributed by atoms with Crippen LogP contribution in [0.4, 0.5) is 0 Å². The van der Waals surface area contributed by atoms with Crippen molar-refractivity contribution in [3.63, 3.8) is 0 Å².